The molecule has 0 aromatic heterocycles. The van der Waals surface area contributed by atoms with Gasteiger partial charge in [0.05, 0.1) is 0 Å². The Morgan fingerprint density at radius 2 is 1.80 bits per heavy atom. The highest BCUT2D eigenvalue weighted by Gasteiger charge is 2.19. The molecule has 0 aliphatic rings. The fourth-order valence-electron chi connectivity index (χ4n) is 2.11. The van der Waals surface area contributed by atoms with E-state index in [2.05, 4.69) is 13.8 Å². The minimum atomic E-state index is 0.213. The van der Waals surface area contributed by atoms with E-state index < -0.39 is 0 Å². The first kappa shape index (κ1) is 12.1. The number of hydrogen-bond acceptors (Lipinski definition) is 2. The molecular weight excluding hydrogens is 186 g/mol. The smallest absolute Gasteiger partial charge is 0.115 e. The van der Waals surface area contributed by atoms with Crippen molar-refractivity contribution in [1.29, 1.82) is 0 Å². The van der Waals surface area contributed by atoms with Crippen molar-refractivity contribution in [3.63, 3.8) is 0 Å². The van der Waals surface area contributed by atoms with Gasteiger partial charge in [-0.3, -0.25) is 0 Å². The van der Waals surface area contributed by atoms with Crippen LogP contribution >= 0.6 is 0 Å². The molecule has 0 saturated heterocycles. The lowest BCUT2D eigenvalue weighted by Crippen LogP contribution is -2.26. The van der Waals surface area contributed by atoms with Gasteiger partial charge < -0.3 is 10.8 Å². The van der Waals surface area contributed by atoms with E-state index in [1.165, 1.54) is 5.56 Å². The first-order valence-electron chi connectivity index (χ1n) is 5.42. The predicted molar refractivity (Wildman–Crippen MR) is 63.9 cm³/mol. The van der Waals surface area contributed by atoms with Crippen LogP contribution in [0, 0.1) is 5.41 Å². The van der Waals surface area contributed by atoms with Crippen molar-refractivity contribution in [3.8, 4) is 5.75 Å². The van der Waals surface area contributed by atoms with Gasteiger partial charge in [0.25, 0.3) is 0 Å². The standard InChI is InChI=1S/C13H21NO/c1-10(14)8-13(2,3)9-11-4-6-12(15)7-5-11/h4-7,10,15H,8-9,14H2,1-3H3. The summed E-state index contributed by atoms with van der Waals surface area (Å²) in [4.78, 5) is 0. The Hall–Kier alpha value is -1.02. The number of phenolic OH excluding ortho intramolecular Hbond substituents is 1. The van der Waals surface area contributed by atoms with Crippen molar-refractivity contribution >= 4 is 0 Å². The molecule has 0 heterocycles. The number of aromatic hydroxyl groups is 1. The molecule has 2 heteroatoms. The van der Waals surface area contributed by atoms with E-state index in [-0.39, 0.29) is 11.5 Å². The molecule has 0 amide bonds. The fourth-order valence-corrected chi connectivity index (χ4v) is 2.11. The topological polar surface area (TPSA) is 46.2 Å². The van der Waals surface area contributed by atoms with E-state index >= 15 is 0 Å². The van der Waals surface area contributed by atoms with Gasteiger partial charge in [-0.15, -0.1) is 0 Å². The van der Waals surface area contributed by atoms with Crippen LogP contribution in [-0.4, -0.2) is 11.1 Å². The van der Waals surface area contributed by atoms with E-state index in [4.69, 9.17) is 5.73 Å². The van der Waals surface area contributed by atoms with Crippen LogP contribution in [0.3, 0.4) is 0 Å². The summed E-state index contributed by atoms with van der Waals surface area (Å²) >= 11 is 0. The highest BCUT2D eigenvalue weighted by molar-refractivity contribution is 5.26. The number of hydrogen-bond donors (Lipinski definition) is 2. The Balaban J connectivity index is 2.64. The van der Waals surface area contributed by atoms with Gasteiger partial charge in [0.15, 0.2) is 0 Å². The summed E-state index contributed by atoms with van der Waals surface area (Å²) in [6.07, 6.45) is 2.00. The maximum absolute atomic E-state index is 9.18. The number of phenols is 1. The van der Waals surface area contributed by atoms with Crippen molar-refractivity contribution in [3.05, 3.63) is 29.8 Å². The molecule has 84 valence electrons. The SMILES string of the molecule is CC(N)CC(C)(C)Cc1ccc(O)cc1. The van der Waals surface area contributed by atoms with Crippen LogP contribution in [0.15, 0.2) is 24.3 Å². The second-order valence-electron chi connectivity index (χ2n) is 5.19. The van der Waals surface area contributed by atoms with Crippen LogP contribution in [0.4, 0.5) is 0 Å². The Bertz CT molecular complexity index is 301. The fraction of sp³-hybridized carbons (Fsp3) is 0.538. The Kier molecular flexibility index (Phi) is 3.75. The first-order chi connectivity index (χ1) is 6.89. The minimum Gasteiger partial charge on any atom is -0.508 e. The summed E-state index contributed by atoms with van der Waals surface area (Å²) in [5.41, 5.74) is 7.28. The zero-order valence-electron chi connectivity index (χ0n) is 9.83. The number of nitrogens with two attached hydrogens (primary N) is 1. The van der Waals surface area contributed by atoms with Crippen molar-refractivity contribution in [2.45, 2.75) is 39.7 Å². The Morgan fingerprint density at radius 1 is 1.27 bits per heavy atom. The van der Waals surface area contributed by atoms with Crippen molar-refractivity contribution in [2.75, 3.05) is 0 Å². The molecular formula is C13H21NO. The third kappa shape index (κ3) is 4.34. The highest BCUT2D eigenvalue weighted by Crippen LogP contribution is 2.27. The molecule has 0 radical (unpaired) electrons. The van der Waals surface area contributed by atoms with Gasteiger partial charge in [0.1, 0.15) is 5.75 Å². The van der Waals surface area contributed by atoms with E-state index in [9.17, 15) is 5.11 Å². The molecule has 0 bridgehead atoms. The molecule has 2 nitrogen and oxygen atoms in total. The minimum absolute atomic E-state index is 0.213. The quantitative estimate of drug-likeness (QED) is 0.797. The summed E-state index contributed by atoms with van der Waals surface area (Å²) in [7, 11) is 0. The third-order valence-corrected chi connectivity index (χ3v) is 2.49. The van der Waals surface area contributed by atoms with Gasteiger partial charge in [-0.2, -0.15) is 0 Å². The van der Waals surface area contributed by atoms with E-state index in [0.29, 0.717) is 5.75 Å². The molecule has 0 saturated carbocycles. The monoisotopic (exact) mass is 207 g/mol. The lowest BCUT2D eigenvalue weighted by Gasteiger charge is -2.26. The molecule has 1 aromatic rings. The second kappa shape index (κ2) is 4.67. The maximum Gasteiger partial charge on any atom is 0.115 e. The van der Waals surface area contributed by atoms with Crippen LogP contribution in [0.2, 0.25) is 0 Å². The Labute approximate surface area is 92.1 Å². The molecule has 1 rings (SSSR count). The summed E-state index contributed by atoms with van der Waals surface area (Å²) in [6, 6.07) is 7.64. The van der Waals surface area contributed by atoms with E-state index in [0.717, 1.165) is 12.8 Å². The first-order valence-corrected chi connectivity index (χ1v) is 5.42. The molecule has 3 N–H and O–H groups in total. The van der Waals surface area contributed by atoms with Crippen molar-refractivity contribution < 1.29 is 5.11 Å². The van der Waals surface area contributed by atoms with Gasteiger partial charge in [-0.1, -0.05) is 26.0 Å². The molecule has 0 spiro atoms. The van der Waals surface area contributed by atoms with Crippen LogP contribution in [0.1, 0.15) is 32.8 Å². The molecule has 1 unspecified atom stereocenters. The van der Waals surface area contributed by atoms with Crippen LogP contribution in [-0.2, 0) is 6.42 Å². The number of rotatable bonds is 4. The van der Waals surface area contributed by atoms with Gasteiger partial charge in [-0.05, 0) is 42.9 Å². The lowest BCUT2D eigenvalue weighted by molar-refractivity contribution is 0.309. The third-order valence-electron chi connectivity index (χ3n) is 2.49. The molecule has 0 aliphatic carbocycles. The molecule has 1 aromatic carbocycles. The highest BCUT2D eigenvalue weighted by atomic mass is 16.3. The normalized spacial score (nSPS) is 13.9. The summed E-state index contributed by atoms with van der Waals surface area (Å²) in [5.74, 6) is 0.323. The van der Waals surface area contributed by atoms with Crippen molar-refractivity contribution in [2.24, 2.45) is 11.1 Å². The molecule has 0 fully saturated rings. The summed E-state index contributed by atoms with van der Waals surface area (Å²) < 4.78 is 0. The zero-order chi connectivity index (χ0) is 11.5. The van der Waals surface area contributed by atoms with Gasteiger partial charge in [-0.25, -0.2) is 0 Å². The molecule has 0 aliphatic heterocycles. The number of benzene rings is 1. The van der Waals surface area contributed by atoms with Crippen LogP contribution in [0.5, 0.6) is 5.75 Å². The predicted octanol–water partition coefficient (Wildman–Crippen LogP) is 2.70. The van der Waals surface area contributed by atoms with Crippen molar-refractivity contribution in [1.82, 2.24) is 0 Å². The van der Waals surface area contributed by atoms with Crippen LogP contribution in [0.25, 0.3) is 0 Å². The maximum atomic E-state index is 9.18. The average Bonchev–Trinajstić information content (AvgIpc) is 2.06. The van der Waals surface area contributed by atoms with E-state index in [1.807, 2.05) is 19.1 Å². The average molecular weight is 207 g/mol. The van der Waals surface area contributed by atoms with Gasteiger partial charge in [0, 0.05) is 6.04 Å². The second-order valence-corrected chi connectivity index (χ2v) is 5.19. The summed E-state index contributed by atoms with van der Waals surface area (Å²) in [6.45, 7) is 6.49. The Morgan fingerprint density at radius 3 is 2.27 bits per heavy atom. The lowest BCUT2D eigenvalue weighted by atomic mass is 9.80. The van der Waals surface area contributed by atoms with Gasteiger partial charge in [0.2, 0.25) is 0 Å². The van der Waals surface area contributed by atoms with Crippen LogP contribution < -0.4 is 5.73 Å². The van der Waals surface area contributed by atoms with E-state index in [1.54, 1.807) is 12.1 Å². The molecule has 15 heavy (non-hydrogen) atoms. The van der Waals surface area contributed by atoms with Gasteiger partial charge >= 0.3 is 0 Å². The molecule has 1 atom stereocenters. The zero-order valence-corrected chi connectivity index (χ0v) is 9.83. The summed E-state index contributed by atoms with van der Waals surface area (Å²) in [5, 5.41) is 9.18. The largest absolute Gasteiger partial charge is 0.508 e.